The van der Waals surface area contributed by atoms with Crippen molar-refractivity contribution in [3.05, 3.63) is 60.7 Å². The van der Waals surface area contributed by atoms with E-state index in [1.54, 1.807) is 11.8 Å². The van der Waals surface area contributed by atoms with Crippen molar-refractivity contribution in [3.63, 3.8) is 0 Å². The Hall–Kier alpha value is -2.29. The fraction of sp³-hybridized carbons (Fsp3) is 0.579. The van der Waals surface area contributed by atoms with Crippen molar-refractivity contribution in [1.82, 2.24) is 0 Å². The molecule has 0 aromatic heterocycles. The van der Waals surface area contributed by atoms with Gasteiger partial charge in [0.05, 0.1) is 18.1 Å². The molecule has 0 amide bonds. The number of ether oxygens (including phenoxy) is 4. The first-order valence-corrected chi connectivity index (χ1v) is 17.9. The first kappa shape index (κ1) is 37.2. The molecule has 45 heavy (non-hydrogen) atoms. The average Bonchev–Trinajstić information content (AvgIpc) is 3.06. The van der Waals surface area contributed by atoms with E-state index in [4.69, 9.17) is 18.9 Å². The lowest BCUT2D eigenvalue weighted by molar-refractivity contribution is -0.00130. The fourth-order valence-corrected chi connectivity index (χ4v) is 6.14. The summed E-state index contributed by atoms with van der Waals surface area (Å²) in [4.78, 5) is 2.08. The summed E-state index contributed by atoms with van der Waals surface area (Å²) in [7, 11) is 0. The number of hydrogen-bond acceptors (Lipinski definition) is 7. The van der Waals surface area contributed by atoms with E-state index in [1.165, 1.54) is 32.1 Å². The van der Waals surface area contributed by atoms with Crippen molar-refractivity contribution in [1.29, 1.82) is 0 Å². The Labute approximate surface area is 275 Å². The molecule has 0 aliphatic carbocycles. The fourth-order valence-electron chi connectivity index (χ4n) is 5.20. The van der Waals surface area contributed by atoms with Crippen LogP contribution in [0.3, 0.4) is 0 Å². The summed E-state index contributed by atoms with van der Waals surface area (Å²) < 4.78 is 24.0. The number of unbranched alkanes of at least 4 members (excludes halogenated alkanes) is 2. The van der Waals surface area contributed by atoms with Crippen molar-refractivity contribution in [2.24, 2.45) is 11.8 Å². The van der Waals surface area contributed by atoms with Gasteiger partial charge in [0.2, 0.25) is 0 Å². The second kappa shape index (κ2) is 21.5. The minimum absolute atomic E-state index is 0.134. The normalized spacial score (nSPS) is 14.3. The van der Waals surface area contributed by atoms with Gasteiger partial charge >= 0.3 is 0 Å². The number of aliphatic hydroxyl groups excluding tert-OH is 2. The Morgan fingerprint density at radius 3 is 1.82 bits per heavy atom. The van der Waals surface area contributed by atoms with Gasteiger partial charge in [0, 0.05) is 23.5 Å². The second-order valence-electron chi connectivity index (χ2n) is 12.0. The molecule has 6 nitrogen and oxygen atoms in total. The highest BCUT2D eigenvalue weighted by Gasteiger charge is 2.16. The molecule has 0 bridgehead atoms. The van der Waals surface area contributed by atoms with Crippen LogP contribution in [0, 0.1) is 11.8 Å². The molecule has 0 radical (unpaired) electrons. The molecule has 7 heteroatoms. The summed E-state index contributed by atoms with van der Waals surface area (Å²) in [6, 6.07) is 20.1. The van der Waals surface area contributed by atoms with Crippen molar-refractivity contribution in [2.45, 2.75) is 101 Å². The van der Waals surface area contributed by atoms with E-state index in [-0.39, 0.29) is 26.4 Å². The molecule has 0 spiro atoms. The highest BCUT2D eigenvalue weighted by Crippen LogP contribution is 2.41. The minimum atomic E-state index is -0.732. The smallest absolute Gasteiger partial charge is 0.141 e. The summed E-state index contributed by atoms with van der Waals surface area (Å²) in [6.45, 7) is 10.9. The number of rotatable bonds is 24. The molecule has 3 aromatic carbocycles. The summed E-state index contributed by atoms with van der Waals surface area (Å²) in [5.41, 5.74) is 0. The van der Waals surface area contributed by atoms with Crippen LogP contribution in [0.4, 0.5) is 0 Å². The van der Waals surface area contributed by atoms with E-state index in [2.05, 4.69) is 45.9 Å². The van der Waals surface area contributed by atoms with Crippen LogP contribution in [0.5, 0.6) is 11.5 Å². The van der Waals surface area contributed by atoms with E-state index < -0.39 is 12.2 Å². The zero-order chi connectivity index (χ0) is 32.3. The van der Waals surface area contributed by atoms with Crippen LogP contribution in [0.25, 0.3) is 10.8 Å². The number of hydrogen-bond donors (Lipinski definition) is 2. The molecule has 4 atom stereocenters. The largest absolute Gasteiger partial charge is 0.491 e. The topological polar surface area (TPSA) is 77.4 Å². The molecule has 4 unspecified atom stereocenters. The Morgan fingerprint density at radius 2 is 1.24 bits per heavy atom. The van der Waals surface area contributed by atoms with E-state index in [9.17, 15) is 10.2 Å². The van der Waals surface area contributed by atoms with Gasteiger partial charge in [-0.2, -0.15) is 0 Å². The molecule has 2 N–H and O–H groups in total. The van der Waals surface area contributed by atoms with E-state index in [1.807, 2.05) is 42.5 Å². The van der Waals surface area contributed by atoms with E-state index in [0.29, 0.717) is 30.8 Å². The van der Waals surface area contributed by atoms with Gasteiger partial charge in [-0.05, 0) is 66.5 Å². The quantitative estimate of drug-likeness (QED) is 0.101. The van der Waals surface area contributed by atoms with Crippen LogP contribution in [0.1, 0.15) is 79.1 Å². The predicted molar refractivity (Wildman–Crippen MR) is 186 cm³/mol. The molecule has 250 valence electrons. The maximum atomic E-state index is 10.7. The third-order valence-electron chi connectivity index (χ3n) is 8.15. The van der Waals surface area contributed by atoms with Gasteiger partial charge in [0.1, 0.15) is 36.9 Å². The lowest BCUT2D eigenvalue weighted by Gasteiger charge is -2.19. The van der Waals surface area contributed by atoms with E-state index in [0.717, 1.165) is 45.6 Å². The molecule has 0 aliphatic heterocycles. The van der Waals surface area contributed by atoms with Crippen LogP contribution in [-0.2, 0) is 9.47 Å². The minimum Gasteiger partial charge on any atom is -0.491 e. The summed E-state index contributed by atoms with van der Waals surface area (Å²) in [6.07, 6.45) is 7.86. The maximum absolute atomic E-state index is 10.7. The van der Waals surface area contributed by atoms with E-state index >= 15 is 0 Å². The zero-order valence-corrected chi connectivity index (χ0v) is 28.7. The van der Waals surface area contributed by atoms with Crippen LogP contribution < -0.4 is 9.47 Å². The number of fused-ring (bicyclic) bond motifs is 1. The monoisotopic (exact) mass is 640 g/mol. The molecular formula is C38H56O6S. The Bertz CT molecular complexity index is 1210. The highest BCUT2D eigenvalue weighted by molar-refractivity contribution is 7.99. The molecule has 0 saturated heterocycles. The van der Waals surface area contributed by atoms with Crippen molar-refractivity contribution < 1.29 is 29.2 Å². The zero-order valence-electron chi connectivity index (χ0n) is 27.9. The SMILES string of the molecule is CCCCC(CC)COCC(O)COc1ccc2c(OCC(O)COCC(CC)CCCC)c(Sc3ccccc3)ccc2c1. The maximum Gasteiger partial charge on any atom is 0.141 e. The first-order valence-electron chi connectivity index (χ1n) is 17.0. The number of aliphatic hydroxyl groups is 2. The summed E-state index contributed by atoms with van der Waals surface area (Å²) >= 11 is 1.63. The van der Waals surface area contributed by atoms with Gasteiger partial charge in [0.15, 0.2) is 0 Å². The molecule has 0 aliphatic rings. The van der Waals surface area contributed by atoms with Gasteiger partial charge in [-0.25, -0.2) is 0 Å². The Balaban J connectivity index is 1.63. The van der Waals surface area contributed by atoms with Crippen LogP contribution in [0.15, 0.2) is 70.5 Å². The molecule has 3 rings (SSSR count). The standard InChI is InChI=1S/C38H56O6S/c1-5-9-14-29(7-3)23-41-25-32(39)27-43-34-19-20-36-31(22-34)18-21-37(45-35-16-12-11-13-17-35)38(36)44-28-33(40)26-42-24-30(8-4)15-10-6-2/h11-13,16-22,29-30,32-33,39-40H,5-10,14-15,23-28H2,1-4H3. The van der Waals surface area contributed by atoms with Crippen molar-refractivity contribution in [3.8, 4) is 11.5 Å². The summed E-state index contributed by atoms with van der Waals surface area (Å²) in [5, 5.41) is 23.1. The second-order valence-corrected chi connectivity index (χ2v) is 13.1. The lowest BCUT2D eigenvalue weighted by atomic mass is 10.0. The van der Waals surface area contributed by atoms with Gasteiger partial charge in [-0.3, -0.25) is 0 Å². The lowest BCUT2D eigenvalue weighted by Crippen LogP contribution is -2.25. The molecule has 0 saturated carbocycles. The van der Waals surface area contributed by atoms with Crippen LogP contribution in [-0.4, -0.2) is 62.1 Å². The van der Waals surface area contributed by atoms with Gasteiger partial charge < -0.3 is 29.2 Å². The Kier molecular flexibility index (Phi) is 17.8. The molecule has 3 aromatic rings. The first-order chi connectivity index (χ1) is 22.0. The van der Waals surface area contributed by atoms with Gasteiger partial charge in [-0.15, -0.1) is 0 Å². The van der Waals surface area contributed by atoms with Crippen molar-refractivity contribution >= 4 is 22.5 Å². The average molecular weight is 641 g/mol. The molecule has 0 heterocycles. The van der Waals surface area contributed by atoms with Crippen LogP contribution >= 0.6 is 11.8 Å². The van der Waals surface area contributed by atoms with Gasteiger partial charge in [0.25, 0.3) is 0 Å². The third-order valence-corrected chi connectivity index (χ3v) is 9.20. The van der Waals surface area contributed by atoms with Crippen LogP contribution in [0.2, 0.25) is 0 Å². The predicted octanol–water partition coefficient (Wildman–Crippen LogP) is 8.94. The Morgan fingerprint density at radius 1 is 0.644 bits per heavy atom. The highest BCUT2D eigenvalue weighted by atomic mass is 32.2. The molecular weight excluding hydrogens is 584 g/mol. The number of benzene rings is 3. The third kappa shape index (κ3) is 13.5. The van der Waals surface area contributed by atoms with Gasteiger partial charge in [-0.1, -0.05) is 102 Å². The molecule has 0 fully saturated rings. The summed E-state index contributed by atoms with van der Waals surface area (Å²) in [5.74, 6) is 2.46. The van der Waals surface area contributed by atoms with Crippen molar-refractivity contribution in [2.75, 3.05) is 39.6 Å².